The molecule has 29 heavy (non-hydrogen) atoms. The summed E-state index contributed by atoms with van der Waals surface area (Å²) in [4.78, 5) is 18.5. The number of ether oxygens (including phenoxy) is 3. The highest BCUT2D eigenvalue weighted by molar-refractivity contribution is 5.91. The predicted molar refractivity (Wildman–Crippen MR) is 105 cm³/mol. The van der Waals surface area contributed by atoms with Crippen LogP contribution < -0.4 is 14.2 Å². The van der Waals surface area contributed by atoms with Crippen LogP contribution in [0.3, 0.4) is 0 Å². The van der Waals surface area contributed by atoms with Crippen molar-refractivity contribution in [2.75, 3.05) is 20.7 Å². The first-order valence-electron chi connectivity index (χ1n) is 9.33. The number of oxazole rings is 1. The highest BCUT2D eigenvalue weighted by Crippen LogP contribution is 2.28. The highest BCUT2D eigenvalue weighted by atomic mass is 16.5. The molecule has 1 aliphatic rings. The number of likely N-dealkylation sites (N-methyl/N-ethyl adjacent to an activating group) is 1. The van der Waals surface area contributed by atoms with Crippen molar-refractivity contribution in [3.05, 3.63) is 71.9 Å². The Hall–Kier alpha value is -3.48. The quantitative estimate of drug-likeness (QED) is 0.612. The first kappa shape index (κ1) is 18.9. The third kappa shape index (κ3) is 4.34. The van der Waals surface area contributed by atoms with Crippen molar-refractivity contribution in [1.29, 1.82) is 0 Å². The van der Waals surface area contributed by atoms with E-state index in [9.17, 15) is 4.79 Å². The molecule has 150 valence electrons. The second-order valence-electron chi connectivity index (χ2n) is 6.83. The lowest BCUT2D eigenvalue weighted by molar-refractivity contribution is 0.0724. The van der Waals surface area contributed by atoms with E-state index in [2.05, 4.69) is 4.98 Å². The van der Waals surface area contributed by atoms with Crippen molar-refractivity contribution in [3.63, 3.8) is 0 Å². The number of carbonyl (C=O) groups is 1. The second kappa shape index (κ2) is 8.26. The van der Waals surface area contributed by atoms with Gasteiger partial charge >= 0.3 is 0 Å². The summed E-state index contributed by atoms with van der Waals surface area (Å²) in [5, 5.41) is 0. The zero-order valence-electron chi connectivity index (χ0n) is 16.3. The van der Waals surface area contributed by atoms with Gasteiger partial charge in [-0.05, 0) is 23.8 Å². The van der Waals surface area contributed by atoms with Crippen molar-refractivity contribution in [2.24, 2.45) is 0 Å². The van der Waals surface area contributed by atoms with Gasteiger partial charge in [-0.1, -0.05) is 24.3 Å². The molecule has 2 heterocycles. The predicted octanol–water partition coefficient (Wildman–Crippen LogP) is 3.34. The van der Waals surface area contributed by atoms with Crippen LogP contribution in [0.4, 0.5) is 0 Å². The lowest BCUT2D eigenvalue weighted by atomic mass is 10.1. The Balaban J connectivity index is 1.32. The first-order chi connectivity index (χ1) is 14.1. The van der Waals surface area contributed by atoms with Crippen LogP contribution in [-0.2, 0) is 13.0 Å². The van der Waals surface area contributed by atoms with Gasteiger partial charge in [0, 0.05) is 19.5 Å². The maximum atomic E-state index is 12.7. The van der Waals surface area contributed by atoms with E-state index in [4.69, 9.17) is 18.6 Å². The molecule has 0 N–H and O–H groups in total. The normalized spacial score (nSPS) is 14.8. The van der Waals surface area contributed by atoms with E-state index < -0.39 is 0 Å². The molecular weight excluding hydrogens is 372 g/mol. The molecule has 7 nitrogen and oxygen atoms in total. The topological polar surface area (TPSA) is 74.0 Å². The average Bonchev–Trinajstić information content (AvgIpc) is 3.38. The minimum absolute atomic E-state index is 0.0656. The van der Waals surface area contributed by atoms with Crippen LogP contribution in [0.15, 0.2) is 59.2 Å². The summed E-state index contributed by atoms with van der Waals surface area (Å²) in [5.74, 6) is 2.32. The molecule has 0 radical (unpaired) electrons. The Labute approximate surface area is 168 Å². The van der Waals surface area contributed by atoms with Gasteiger partial charge in [0.05, 0.1) is 13.7 Å². The second-order valence-corrected chi connectivity index (χ2v) is 6.83. The summed E-state index contributed by atoms with van der Waals surface area (Å²) in [5.41, 5.74) is 1.41. The lowest BCUT2D eigenvalue weighted by Gasteiger charge is -2.20. The van der Waals surface area contributed by atoms with Gasteiger partial charge in [-0.3, -0.25) is 4.79 Å². The molecular formula is C22H22N2O5. The zero-order chi connectivity index (χ0) is 20.2. The number of amides is 1. The van der Waals surface area contributed by atoms with Gasteiger partial charge in [0.1, 0.15) is 29.6 Å². The van der Waals surface area contributed by atoms with E-state index in [1.165, 1.54) is 6.26 Å². The van der Waals surface area contributed by atoms with Gasteiger partial charge in [0.25, 0.3) is 5.91 Å². The number of methoxy groups -OCH3 is 1. The number of hydrogen-bond acceptors (Lipinski definition) is 6. The van der Waals surface area contributed by atoms with Crippen molar-refractivity contribution < 1.29 is 23.4 Å². The number of rotatable bonds is 7. The van der Waals surface area contributed by atoms with Gasteiger partial charge in [-0.2, -0.15) is 0 Å². The highest BCUT2D eigenvalue weighted by Gasteiger charge is 2.26. The third-order valence-corrected chi connectivity index (χ3v) is 4.71. The molecule has 0 unspecified atom stereocenters. The molecule has 1 amide bonds. The molecule has 0 bridgehead atoms. The van der Waals surface area contributed by atoms with Gasteiger partial charge in [0.2, 0.25) is 5.89 Å². The smallest absolute Gasteiger partial charge is 0.275 e. The molecule has 1 aromatic heterocycles. The van der Waals surface area contributed by atoms with E-state index in [1.54, 1.807) is 25.1 Å². The fourth-order valence-corrected chi connectivity index (χ4v) is 3.25. The molecule has 3 aromatic rings. The average molecular weight is 394 g/mol. The van der Waals surface area contributed by atoms with Gasteiger partial charge in [-0.15, -0.1) is 0 Å². The van der Waals surface area contributed by atoms with Crippen LogP contribution in [0.2, 0.25) is 0 Å². The molecule has 1 aliphatic heterocycles. The SMILES string of the molecule is COc1cccc(OCc2nc(C(=O)N(C)C[C@H]3Cc4ccccc4O3)co2)c1. The summed E-state index contributed by atoms with van der Waals surface area (Å²) < 4.78 is 22.1. The molecule has 2 aromatic carbocycles. The van der Waals surface area contributed by atoms with Crippen molar-refractivity contribution in [1.82, 2.24) is 9.88 Å². The molecule has 0 spiro atoms. The van der Waals surface area contributed by atoms with Crippen LogP contribution in [0.5, 0.6) is 17.2 Å². The summed E-state index contributed by atoms with van der Waals surface area (Å²) in [6, 6.07) is 15.2. The molecule has 4 rings (SSSR count). The Bertz CT molecular complexity index is 975. The zero-order valence-corrected chi connectivity index (χ0v) is 16.3. The van der Waals surface area contributed by atoms with Crippen LogP contribution in [-0.4, -0.2) is 42.6 Å². The van der Waals surface area contributed by atoms with Gasteiger partial charge < -0.3 is 23.5 Å². The standard InChI is InChI=1S/C22H22N2O5/c1-24(12-18-10-15-6-3-4-9-20(15)29-18)22(25)19-13-28-21(23-19)14-27-17-8-5-7-16(11-17)26-2/h3-9,11,13,18H,10,12,14H2,1-2H3/t18-/m1/s1. The lowest BCUT2D eigenvalue weighted by Crippen LogP contribution is -2.36. The van der Waals surface area contributed by atoms with E-state index in [0.29, 0.717) is 23.9 Å². The van der Waals surface area contributed by atoms with Crippen LogP contribution in [0, 0.1) is 0 Å². The number of fused-ring (bicyclic) bond motifs is 1. The van der Waals surface area contributed by atoms with Crippen LogP contribution >= 0.6 is 0 Å². The van der Waals surface area contributed by atoms with Crippen LogP contribution in [0.25, 0.3) is 0 Å². The molecule has 0 saturated carbocycles. The molecule has 7 heteroatoms. The summed E-state index contributed by atoms with van der Waals surface area (Å²) in [7, 11) is 3.33. The monoisotopic (exact) mass is 394 g/mol. The summed E-state index contributed by atoms with van der Waals surface area (Å²) in [6.07, 6.45) is 2.07. The molecule has 0 aliphatic carbocycles. The fraction of sp³-hybridized carbons (Fsp3) is 0.273. The Morgan fingerprint density at radius 2 is 2.03 bits per heavy atom. The molecule has 1 atom stereocenters. The maximum Gasteiger partial charge on any atom is 0.275 e. The number of benzene rings is 2. The Morgan fingerprint density at radius 1 is 1.21 bits per heavy atom. The Kier molecular flexibility index (Phi) is 5.37. The number of para-hydroxylation sites is 1. The minimum atomic E-state index is -0.221. The van der Waals surface area contributed by atoms with E-state index in [-0.39, 0.29) is 24.3 Å². The minimum Gasteiger partial charge on any atom is -0.497 e. The van der Waals surface area contributed by atoms with Crippen molar-refractivity contribution in [2.45, 2.75) is 19.1 Å². The molecule has 0 saturated heterocycles. The number of nitrogens with zero attached hydrogens (tertiary/aromatic N) is 2. The third-order valence-electron chi connectivity index (χ3n) is 4.71. The van der Waals surface area contributed by atoms with E-state index in [1.807, 2.05) is 42.5 Å². The van der Waals surface area contributed by atoms with E-state index >= 15 is 0 Å². The van der Waals surface area contributed by atoms with E-state index in [0.717, 1.165) is 17.7 Å². The first-order valence-corrected chi connectivity index (χ1v) is 9.33. The summed E-state index contributed by atoms with van der Waals surface area (Å²) >= 11 is 0. The number of aromatic nitrogens is 1. The van der Waals surface area contributed by atoms with Crippen molar-refractivity contribution >= 4 is 5.91 Å². The van der Waals surface area contributed by atoms with Crippen molar-refractivity contribution in [3.8, 4) is 17.2 Å². The Morgan fingerprint density at radius 3 is 2.86 bits per heavy atom. The van der Waals surface area contributed by atoms with Crippen LogP contribution in [0.1, 0.15) is 21.9 Å². The largest absolute Gasteiger partial charge is 0.497 e. The fourth-order valence-electron chi connectivity index (χ4n) is 3.25. The van der Waals surface area contributed by atoms with Gasteiger partial charge in [0.15, 0.2) is 12.3 Å². The number of carbonyl (C=O) groups excluding carboxylic acids is 1. The summed E-state index contributed by atoms with van der Waals surface area (Å²) in [6.45, 7) is 0.585. The molecule has 0 fully saturated rings. The number of hydrogen-bond donors (Lipinski definition) is 0. The van der Waals surface area contributed by atoms with Gasteiger partial charge in [-0.25, -0.2) is 4.98 Å². The maximum absolute atomic E-state index is 12.7.